The zero-order valence-corrected chi connectivity index (χ0v) is 15.3. The average Bonchev–Trinajstić information content (AvgIpc) is 2.53. The topological polar surface area (TPSA) is 72.6 Å². The lowest BCUT2D eigenvalue weighted by atomic mass is 9.97. The van der Waals surface area contributed by atoms with Gasteiger partial charge in [-0.3, -0.25) is 0 Å². The second-order valence-electron chi connectivity index (χ2n) is 7.22. The molecule has 0 atom stereocenters. The molecule has 0 radical (unpaired) electrons. The number of carbonyl (C=O) groups is 1. The van der Waals surface area contributed by atoms with Crippen LogP contribution >= 0.6 is 11.6 Å². The van der Waals surface area contributed by atoms with Gasteiger partial charge in [-0.25, -0.2) is 14.6 Å². The van der Waals surface area contributed by atoms with Crippen molar-refractivity contribution in [1.29, 1.82) is 0 Å². The van der Waals surface area contributed by atoms with Gasteiger partial charge >= 0.3 is 11.7 Å². The standard InChI is InChI=1S/C18H21ClN2O4/c1-18(2,3)25-17(23)21-9-7-11(8-10-21)15-20-13-6-4-5-12(19)14(13)16(22)24-15/h4-6,11H,7-10H2,1-3H3. The van der Waals surface area contributed by atoms with Crippen molar-refractivity contribution in [3.05, 3.63) is 39.5 Å². The second kappa shape index (κ2) is 6.67. The molecule has 1 aromatic heterocycles. The number of nitrogens with zero attached hydrogens (tertiary/aromatic N) is 2. The highest BCUT2D eigenvalue weighted by molar-refractivity contribution is 6.35. The Morgan fingerprint density at radius 1 is 1.32 bits per heavy atom. The van der Waals surface area contributed by atoms with Gasteiger partial charge in [0.15, 0.2) is 0 Å². The Hall–Kier alpha value is -2.08. The van der Waals surface area contributed by atoms with Crippen LogP contribution in [0.15, 0.2) is 27.4 Å². The maximum Gasteiger partial charge on any atom is 0.410 e. The summed E-state index contributed by atoms with van der Waals surface area (Å²) in [7, 11) is 0. The molecular weight excluding hydrogens is 344 g/mol. The van der Waals surface area contributed by atoms with E-state index in [4.69, 9.17) is 20.8 Å². The lowest BCUT2D eigenvalue weighted by Crippen LogP contribution is -2.41. The third-order valence-electron chi connectivity index (χ3n) is 4.12. The number of ether oxygens (including phenoxy) is 1. The number of carbonyl (C=O) groups excluding carboxylic acids is 1. The van der Waals surface area contributed by atoms with Gasteiger partial charge in [0.2, 0.25) is 5.89 Å². The molecule has 1 aliphatic rings. The summed E-state index contributed by atoms with van der Waals surface area (Å²) < 4.78 is 10.8. The summed E-state index contributed by atoms with van der Waals surface area (Å²) >= 11 is 6.05. The molecule has 0 bridgehead atoms. The van der Waals surface area contributed by atoms with Crippen LogP contribution in [0.4, 0.5) is 4.79 Å². The predicted octanol–water partition coefficient (Wildman–Crippen LogP) is 3.96. The number of likely N-dealkylation sites (tertiary alicyclic amines) is 1. The normalized spacial score (nSPS) is 16.2. The van der Waals surface area contributed by atoms with Crippen molar-refractivity contribution in [2.24, 2.45) is 0 Å². The summed E-state index contributed by atoms with van der Waals surface area (Å²) in [4.78, 5) is 30.5. The van der Waals surface area contributed by atoms with Crippen molar-refractivity contribution in [3.8, 4) is 0 Å². The van der Waals surface area contributed by atoms with E-state index in [1.165, 1.54) is 0 Å². The van der Waals surface area contributed by atoms with Crippen LogP contribution in [0.3, 0.4) is 0 Å². The third kappa shape index (κ3) is 3.95. The molecule has 25 heavy (non-hydrogen) atoms. The van der Waals surface area contributed by atoms with Crippen LogP contribution in [0.25, 0.3) is 10.9 Å². The Bertz CT molecular complexity index is 848. The molecule has 1 amide bonds. The number of halogens is 1. The minimum absolute atomic E-state index is 0.00484. The number of hydrogen-bond acceptors (Lipinski definition) is 5. The summed E-state index contributed by atoms with van der Waals surface area (Å²) in [6, 6.07) is 5.14. The van der Waals surface area contributed by atoms with Crippen molar-refractivity contribution >= 4 is 28.6 Å². The minimum atomic E-state index is -0.514. The van der Waals surface area contributed by atoms with Gasteiger partial charge in [0.05, 0.1) is 10.5 Å². The first-order valence-corrected chi connectivity index (χ1v) is 8.69. The fourth-order valence-electron chi connectivity index (χ4n) is 2.91. The van der Waals surface area contributed by atoms with E-state index in [0.29, 0.717) is 47.7 Å². The first kappa shape index (κ1) is 17.7. The van der Waals surface area contributed by atoms with Crippen molar-refractivity contribution in [2.45, 2.75) is 45.1 Å². The number of amides is 1. The molecule has 3 rings (SSSR count). The molecule has 2 aromatic rings. The molecule has 6 nitrogen and oxygen atoms in total. The first-order valence-electron chi connectivity index (χ1n) is 8.32. The Morgan fingerprint density at radius 3 is 2.64 bits per heavy atom. The molecule has 1 aliphatic heterocycles. The van der Waals surface area contributed by atoms with Gasteiger partial charge in [0, 0.05) is 19.0 Å². The quantitative estimate of drug-likeness (QED) is 0.765. The Morgan fingerprint density at radius 2 is 2.00 bits per heavy atom. The van der Waals surface area contributed by atoms with E-state index in [1.54, 1.807) is 23.1 Å². The van der Waals surface area contributed by atoms with Gasteiger partial charge in [-0.05, 0) is 45.7 Å². The molecule has 1 aromatic carbocycles. The number of hydrogen-bond donors (Lipinski definition) is 0. The molecule has 7 heteroatoms. The zero-order chi connectivity index (χ0) is 18.2. The van der Waals surface area contributed by atoms with Gasteiger partial charge in [-0.1, -0.05) is 17.7 Å². The smallest absolute Gasteiger partial charge is 0.410 e. The fraction of sp³-hybridized carbons (Fsp3) is 0.500. The van der Waals surface area contributed by atoms with E-state index in [0.717, 1.165) is 0 Å². The average molecular weight is 365 g/mol. The first-order chi connectivity index (χ1) is 11.7. The van der Waals surface area contributed by atoms with Crippen molar-refractivity contribution in [3.63, 3.8) is 0 Å². The summed E-state index contributed by atoms with van der Waals surface area (Å²) in [5, 5.41) is 0.643. The molecule has 2 heterocycles. The number of benzene rings is 1. The van der Waals surface area contributed by atoms with Crippen LogP contribution in [0.2, 0.25) is 5.02 Å². The summed E-state index contributed by atoms with van der Waals surface area (Å²) in [6.45, 7) is 6.61. The van der Waals surface area contributed by atoms with Crippen molar-refractivity contribution in [1.82, 2.24) is 9.88 Å². The molecule has 0 saturated carbocycles. The van der Waals surface area contributed by atoms with Crippen LogP contribution in [0, 0.1) is 0 Å². The zero-order valence-electron chi connectivity index (χ0n) is 14.5. The van der Waals surface area contributed by atoms with Crippen LogP contribution < -0.4 is 5.63 Å². The SMILES string of the molecule is CC(C)(C)OC(=O)N1CCC(c2nc3cccc(Cl)c3c(=O)o2)CC1. The summed E-state index contributed by atoms with van der Waals surface area (Å²) in [5.74, 6) is 0.401. The molecule has 0 unspecified atom stereocenters. The lowest BCUT2D eigenvalue weighted by molar-refractivity contribution is 0.0198. The summed E-state index contributed by atoms with van der Waals surface area (Å²) in [6.07, 6.45) is 1.02. The fourth-order valence-corrected chi connectivity index (χ4v) is 3.15. The highest BCUT2D eigenvalue weighted by atomic mass is 35.5. The highest BCUT2D eigenvalue weighted by Crippen LogP contribution is 2.28. The highest BCUT2D eigenvalue weighted by Gasteiger charge is 2.29. The van der Waals surface area contributed by atoms with Gasteiger partial charge in [0.25, 0.3) is 0 Å². The van der Waals surface area contributed by atoms with Gasteiger partial charge in [0.1, 0.15) is 11.0 Å². The Balaban J connectivity index is 1.74. The lowest BCUT2D eigenvalue weighted by Gasteiger charge is -2.32. The molecule has 1 saturated heterocycles. The number of aromatic nitrogens is 1. The number of fused-ring (bicyclic) bond motifs is 1. The van der Waals surface area contributed by atoms with Crippen LogP contribution in [-0.2, 0) is 4.74 Å². The second-order valence-corrected chi connectivity index (χ2v) is 7.62. The van der Waals surface area contributed by atoms with Gasteiger partial charge in [-0.15, -0.1) is 0 Å². The number of piperidine rings is 1. The summed E-state index contributed by atoms with van der Waals surface area (Å²) in [5.41, 5.74) is -0.451. The molecule has 0 N–H and O–H groups in total. The monoisotopic (exact) mass is 364 g/mol. The van der Waals surface area contributed by atoms with Crippen molar-refractivity contribution < 1.29 is 13.9 Å². The Kier molecular flexibility index (Phi) is 4.73. The minimum Gasteiger partial charge on any atom is -0.444 e. The van der Waals surface area contributed by atoms with E-state index in [1.807, 2.05) is 20.8 Å². The van der Waals surface area contributed by atoms with Gasteiger partial charge < -0.3 is 14.1 Å². The maximum atomic E-state index is 12.2. The largest absolute Gasteiger partial charge is 0.444 e. The van der Waals surface area contributed by atoms with E-state index in [-0.39, 0.29) is 12.0 Å². The predicted molar refractivity (Wildman–Crippen MR) is 95.1 cm³/mol. The third-order valence-corrected chi connectivity index (χ3v) is 4.43. The van der Waals surface area contributed by atoms with E-state index in [9.17, 15) is 9.59 Å². The van der Waals surface area contributed by atoms with E-state index < -0.39 is 11.2 Å². The Labute approximate surface area is 150 Å². The number of rotatable bonds is 1. The van der Waals surface area contributed by atoms with Crippen LogP contribution in [0.5, 0.6) is 0 Å². The molecule has 0 spiro atoms. The van der Waals surface area contributed by atoms with Crippen LogP contribution in [-0.4, -0.2) is 34.7 Å². The molecule has 1 fully saturated rings. The molecular formula is C18H21ClN2O4. The van der Waals surface area contributed by atoms with E-state index in [2.05, 4.69) is 4.98 Å². The van der Waals surface area contributed by atoms with E-state index >= 15 is 0 Å². The van der Waals surface area contributed by atoms with Crippen molar-refractivity contribution in [2.75, 3.05) is 13.1 Å². The van der Waals surface area contributed by atoms with Crippen LogP contribution in [0.1, 0.15) is 45.4 Å². The maximum absolute atomic E-state index is 12.2. The molecule has 134 valence electrons. The molecule has 0 aliphatic carbocycles. The van der Waals surface area contributed by atoms with Gasteiger partial charge in [-0.2, -0.15) is 0 Å².